The minimum atomic E-state index is -0.984. The van der Waals surface area contributed by atoms with Crippen LogP contribution in [0.5, 0.6) is 0 Å². The van der Waals surface area contributed by atoms with Gasteiger partial charge in [0.05, 0.1) is 18.8 Å². The lowest BCUT2D eigenvalue weighted by molar-refractivity contribution is -0.139. The van der Waals surface area contributed by atoms with E-state index in [1.54, 1.807) is 11.8 Å². The maximum atomic E-state index is 12.1. The number of hydrogen-bond acceptors (Lipinski definition) is 3. The van der Waals surface area contributed by atoms with Crippen molar-refractivity contribution >= 4 is 12.0 Å². The third-order valence-corrected chi connectivity index (χ3v) is 3.75. The molecule has 3 atom stereocenters. The maximum absolute atomic E-state index is 12.1. The number of carboxylic acids is 1. The van der Waals surface area contributed by atoms with Gasteiger partial charge in [-0.15, -0.1) is 0 Å². The van der Waals surface area contributed by atoms with Gasteiger partial charge in [-0.1, -0.05) is 6.92 Å². The van der Waals surface area contributed by atoms with E-state index in [9.17, 15) is 9.59 Å². The molecule has 0 spiro atoms. The van der Waals surface area contributed by atoms with E-state index in [0.717, 1.165) is 19.3 Å². The van der Waals surface area contributed by atoms with Crippen LogP contribution in [-0.4, -0.2) is 53.3 Å². The predicted octanol–water partition coefficient (Wildman–Crippen LogP) is 0.812. The number of carbonyl (C=O) groups excluding carboxylic acids is 1. The number of fused-ring (bicyclic) bond motifs is 1. The van der Waals surface area contributed by atoms with Crippen molar-refractivity contribution in [1.29, 1.82) is 0 Å². The first-order chi connectivity index (χ1) is 8.63. The SMILES string of the molecule is CCC(NC(=O)N1CCOC2CCCC21)C(=O)O. The van der Waals surface area contributed by atoms with Gasteiger partial charge >= 0.3 is 12.0 Å². The van der Waals surface area contributed by atoms with E-state index in [4.69, 9.17) is 9.84 Å². The van der Waals surface area contributed by atoms with E-state index >= 15 is 0 Å². The van der Waals surface area contributed by atoms with Gasteiger partial charge in [0.25, 0.3) is 0 Å². The van der Waals surface area contributed by atoms with Crippen LogP contribution in [0, 0.1) is 0 Å². The summed E-state index contributed by atoms with van der Waals surface area (Å²) in [6, 6.07) is -0.963. The molecule has 2 amide bonds. The molecule has 6 nitrogen and oxygen atoms in total. The monoisotopic (exact) mass is 256 g/mol. The van der Waals surface area contributed by atoms with Gasteiger partial charge in [-0.2, -0.15) is 0 Å². The third-order valence-electron chi connectivity index (χ3n) is 3.75. The van der Waals surface area contributed by atoms with Crippen molar-refractivity contribution in [2.45, 2.75) is 50.8 Å². The van der Waals surface area contributed by atoms with Crippen LogP contribution in [0.2, 0.25) is 0 Å². The van der Waals surface area contributed by atoms with Gasteiger partial charge < -0.3 is 20.1 Å². The van der Waals surface area contributed by atoms with Gasteiger partial charge in [-0.25, -0.2) is 9.59 Å². The van der Waals surface area contributed by atoms with Crippen LogP contribution in [-0.2, 0) is 9.53 Å². The highest BCUT2D eigenvalue weighted by molar-refractivity contribution is 5.82. The summed E-state index contributed by atoms with van der Waals surface area (Å²) >= 11 is 0. The van der Waals surface area contributed by atoms with Crippen LogP contribution >= 0.6 is 0 Å². The second kappa shape index (κ2) is 5.56. The van der Waals surface area contributed by atoms with E-state index in [0.29, 0.717) is 19.6 Å². The molecule has 0 aromatic carbocycles. The summed E-state index contributed by atoms with van der Waals surface area (Å²) in [4.78, 5) is 24.8. The van der Waals surface area contributed by atoms with Crippen LogP contribution in [0.1, 0.15) is 32.6 Å². The number of aliphatic carboxylic acids is 1. The Morgan fingerprint density at radius 3 is 2.94 bits per heavy atom. The largest absolute Gasteiger partial charge is 0.480 e. The average molecular weight is 256 g/mol. The summed E-state index contributed by atoms with van der Waals surface area (Å²) in [5, 5.41) is 11.5. The molecular weight excluding hydrogens is 236 g/mol. The van der Waals surface area contributed by atoms with Crippen LogP contribution in [0.15, 0.2) is 0 Å². The number of urea groups is 1. The number of nitrogens with zero attached hydrogens (tertiary/aromatic N) is 1. The Balaban J connectivity index is 1.97. The van der Waals surface area contributed by atoms with Crippen molar-refractivity contribution in [1.82, 2.24) is 10.2 Å². The second-order valence-electron chi connectivity index (χ2n) is 4.85. The molecule has 1 heterocycles. The van der Waals surface area contributed by atoms with E-state index in [1.807, 2.05) is 0 Å². The van der Waals surface area contributed by atoms with Gasteiger partial charge in [-0.3, -0.25) is 0 Å². The van der Waals surface area contributed by atoms with Gasteiger partial charge in [0.15, 0.2) is 0 Å². The number of carboxylic acid groups (broad SMARTS) is 1. The molecular formula is C12H20N2O4. The van der Waals surface area contributed by atoms with E-state index < -0.39 is 12.0 Å². The quantitative estimate of drug-likeness (QED) is 0.783. The van der Waals surface area contributed by atoms with Crippen molar-refractivity contribution in [3.8, 4) is 0 Å². The maximum Gasteiger partial charge on any atom is 0.326 e. The first-order valence-corrected chi connectivity index (χ1v) is 6.55. The normalized spacial score (nSPS) is 28.6. The Morgan fingerprint density at radius 2 is 2.28 bits per heavy atom. The summed E-state index contributed by atoms with van der Waals surface area (Å²) in [5.41, 5.74) is 0. The first kappa shape index (κ1) is 13.1. The lowest BCUT2D eigenvalue weighted by Gasteiger charge is -2.38. The Bertz CT molecular complexity index is 334. The van der Waals surface area contributed by atoms with Crippen LogP contribution < -0.4 is 5.32 Å². The van der Waals surface area contributed by atoms with Crippen molar-refractivity contribution in [3.05, 3.63) is 0 Å². The Kier molecular flexibility index (Phi) is 4.06. The molecule has 1 aliphatic carbocycles. The molecule has 1 saturated heterocycles. The van der Waals surface area contributed by atoms with Crippen molar-refractivity contribution < 1.29 is 19.4 Å². The van der Waals surface area contributed by atoms with E-state index in [2.05, 4.69) is 5.32 Å². The zero-order valence-electron chi connectivity index (χ0n) is 10.6. The Hall–Kier alpha value is -1.30. The van der Waals surface area contributed by atoms with E-state index in [-0.39, 0.29) is 18.2 Å². The predicted molar refractivity (Wildman–Crippen MR) is 64.3 cm³/mol. The van der Waals surface area contributed by atoms with Gasteiger partial charge in [0.1, 0.15) is 6.04 Å². The highest BCUT2D eigenvalue weighted by atomic mass is 16.5. The standard InChI is InChI=1S/C12H20N2O4/c1-2-8(11(15)16)13-12(17)14-6-7-18-10-5-3-4-9(10)14/h8-10H,2-7H2,1H3,(H,13,17)(H,15,16). The van der Waals surface area contributed by atoms with Crippen LogP contribution in [0.3, 0.4) is 0 Å². The number of carbonyl (C=O) groups is 2. The number of morpholine rings is 1. The first-order valence-electron chi connectivity index (χ1n) is 6.55. The lowest BCUT2D eigenvalue weighted by atomic mass is 10.1. The molecule has 1 aliphatic heterocycles. The number of rotatable bonds is 3. The molecule has 2 fully saturated rings. The number of nitrogens with one attached hydrogen (secondary N) is 1. The molecule has 2 aliphatic rings. The molecule has 102 valence electrons. The molecule has 0 radical (unpaired) electrons. The summed E-state index contributed by atoms with van der Waals surface area (Å²) in [6.07, 6.45) is 3.52. The zero-order valence-corrected chi connectivity index (χ0v) is 10.6. The highest BCUT2D eigenvalue weighted by Gasteiger charge is 2.39. The fourth-order valence-corrected chi connectivity index (χ4v) is 2.75. The summed E-state index contributed by atoms with van der Waals surface area (Å²) in [5.74, 6) is -0.984. The molecule has 6 heteroatoms. The molecule has 2 rings (SSSR count). The molecule has 0 bridgehead atoms. The molecule has 1 saturated carbocycles. The molecule has 0 aromatic rings. The fourth-order valence-electron chi connectivity index (χ4n) is 2.75. The molecule has 3 unspecified atom stereocenters. The Labute approximate surface area is 106 Å². The van der Waals surface area contributed by atoms with Gasteiger partial charge in [0.2, 0.25) is 0 Å². The van der Waals surface area contributed by atoms with Crippen LogP contribution in [0.25, 0.3) is 0 Å². The summed E-state index contributed by atoms with van der Waals surface area (Å²) < 4.78 is 5.62. The second-order valence-corrected chi connectivity index (χ2v) is 4.85. The highest BCUT2D eigenvalue weighted by Crippen LogP contribution is 2.29. The Morgan fingerprint density at radius 1 is 1.50 bits per heavy atom. The topological polar surface area (TPSA) is 78.9 Å². The van der Waals surface area contributed by atoms with E-state index in [1.165, 1.54) is 0 Å². The van der Waals surface area contributed by atoms with Gasteiger partial charge in [-0.05, 0) is 25.7 Å². The van der Waals surface area contributed by atoms with Crippen molar-refractivity contribution in [2.24, 2.45) is 0 Å². The van der Waals surface area contributed by atoms with Crippen LogP contribution in [0.4, 0.5) is 4.79 Å². The number of hydrogen-bond donors (Lipinski definition) is 2. The fraction of sp³-hybridized carbons (Fsp3) is 0.833. The molecule has 18 heavy (non-hydrogen) atoms. The van der Waals surface area contributed by atoms with Crippen molar-refractivity contribution in [2.75, 3.05) is 13.2 Å². The number of ether oxygens (including phenoxy) is 1. The average Bonchev–Trinajstić information content (AvgIpc) is 2.82. The molecule has 2 N–H and O–H groups in total. The minimum Gasteiger partial charge on any atom is -0.480 e. The zero-order chi connectivity index (χ0) is 13.1. The lowest BCUT2D eigenvalue weighted by Crippen LogP contribution is -2.56. The summed E-state index contributed by atoms with van der Waals surface area (Å²) in [6.45, 7) is 2.83. The number of amides is 2. The van der Waals surface area contributed by atoms with Gasteiger partial charge in [0, 0.05) is 6.54 Å². The summed E-state index contributed by atoms with van der Waals surface area (Å²) in [7, 11) is 0. The van der Waals surface area contributed by atoms with Crippen molar-refractivity contribution in [3.63, 3.8) is 0 Å². The smallest absolute Gasteiger partial charge is 0.326 e. The third kappa shape index (κ3) is 2.58. The minimum absolute atomic E-state index is 0.116. The molecule has 0 aromatic heterocycles.